The van der Waals surface area contributed by atoms with Gasteiger partial charge in [-0.15, -0.1) is 12.4 Å². The van der Waals surface area contributed by atoms with Crippen LogP contribution in [-0.4, -0.2) is 17.6 Å². The minimum Gasteiger partial charge on any atom is -0.481 e. The Bertz CT molecular complexity index is 329. The van der Waals surface area contributed by atoms with Crippen molar-refractivity contribution in [1.82, 2.24) is 5.32 Å². The van der Waals surface area contributed by atoms with Gasteiger partial charge in [-0.1, -0.05) is 30.3 Å². The third-order valence-corrected chi connectivity index (χ3v) is 2.70. The quantitative estimate of drug-likeness (QED) is 0.811. The first kappa shape index (κ1) is 12.0. The Balaban J connectivity index is 0.00000112. The van der Waals surface area contributed by atoms with Gasteiger partial charge in [-0.05, 0) is 18.5 Å². The highest BCUT2D eigenvalue weighted by molar-refractivity contribution is 5.85. The zero-order valence-corrected chi connectivity index (χ0v) is 9.04. The van der Waals surface area contributed by atoms with Gasteiger partial charge in [0.1, 0.15) is 0 Å². The summed E-state index contributed by atoms with van der Waals surface area (Å²) in [6.07, 6.45) is 0.717. The van der Waals surface area contributed by atoms with Crippen LogP contribution in [0.2, 0.25) is 0 Å². The van der Waals surface area contributed by atoms with E-state index in [9.17, 15) is 4.79 Å². The third-order valence-electron chi connectivity index (χ3n) is 2.70. The summed E-state index contributed by atoms with van der Waals surface area (Å²) in [6.45, 7) is 0.788. The molecule has 2 rings (SSSR count). The molecule has 1 aliphatic heterocycles. The Morgan fingerprint density at radius 2 is 2.00 bits per heavy atom. The molecule has 1 aliphatic rings. The number of aliphatic carboxylic acids is 1. The van der Waals surface area contributed by atoms with Crippen LogP contribution in [0.1, 0.15) is 18.0 Å². The van der Waals surface area contributed by atoms with Gasteiger partial charge in [0.05, 0.1) is 5.92 Å². The van der Waals surface area contributed by atoms with E-state index in [0.29, 0.717) is 0 Å². The van der Waals surface area contributed by atoms with E-state index in [1.165, 1.54) is 0 Å². The summed E-state index contributed by atoms with van der Waals surface area (Å²) in [5.74, 6) is -0.985. The van der Waals surface area contributed by atoms with Gasteiger partial charge < -0.3 is 10.4 Å². The number of benzene rings is 1. The Hall–Kier alpha value is -1.06. The van der Waals surface area contributed by atoms with E-state index in [2.05, 4.69) is 5.32 Å². The maximum Gasteiger partial charge on any atom is 0.308 e. The lowest BCUT2D eigenvalue weighted by molar-refractivity contribution is -0.142. The van der Waals surface area contributed by atoms with Gasteiger partial charge >= 0.3 is 5.97 Å². The normalized spacial score (nSPS) is 24.5. The smallest absolute Gasteiger partial charge is 0.308 e. The first-order valence-electron chi connectivity index (χ1n) is 4.80. The van der Waals surface area contributed by atoms with Crippen molar-refractivity contribution < 1.29 is 9.90 Å². The topological polar surface area (TPSA) is 49.3 Å². The fourth-order valence-electron chi connectivity index (χ4n) is 1.98. The van der Waals surface area contributed by atoms with E-state index in [0.717, 1.165) is 18.5 Å². The zero-order chi connectivity index (χ0) is 9.97. The standard InChI is InChI=1S/C11H13NO2.ClH/c13-11(14)9-6-7-12-10(9)8-4-2-1-3-5-8;/h1-5,9-10,12H,6-7H2,(H,13,14);1H/t9-,10-;/m0./s1. The van der Waals surface area contributed by atoms with E-state index >= 15 is 0 Å². The van der Waals surface area contributed by atoms with Crippen molar-refractivity contribution in [3.8, 4) is 0 Å². The minimum atomic E-state index is -0.705. The van der Waals surface area contributed by atoms with Gasteiger partial charge in [-0.3, -0.25) is 4.79 Å². The average molecular weight is 228 g/mol. The largest absolute Gasteiger partial charge is 0.481 e. The molecule has 4 heteroatoms. The molecule has 0 spiro atoms. The Morgan fingerprint density at radius 1 is 1.33 bits per heavy atom. The van der Waals surface area contributed by atoms with Crippen LogP contribution >= 0.6 is 12.4 Å². The van der Waals surface area contributed by atoms with Gasteiger partial charge in [0.25, 0.3) is 0 Å². The molecule has 82 valence electrons. The van der Waals surface area contributed by atoms with Crippen LogP contribution < -0.4 is 5.32 Å². The van der Waals surface area contributed by atoms with E-state index < -0.39 is 5.97 Å². The molecule has 1 saturated heterocycles. The lowest BCUT2D eigenvalue weighted by Gasteiger charge is -2.15. The Kier molecular flexibility index (Phi) is 4.12. The van der Waals surface area contributed by atoms with Gasteiger partial charge in [0.2, 0.25) is 0 Å². The molecule has 0 radical (unpaired) electrons. The van der Waals surface area contributed by atoms with E-state index in [-0.39, 0.29) is 24.4 Å². The zero-order valence-electron chi connectivity index (χ0n) is 8.22. The number of hydrogen-bond donors (Lipinski definition) is 2. The van der Waals surface area contributed by atoms with Crippen molar-refractivity contribution in [2.24, 2.45) is 5.92 Å². The molecular weight excluding hydrogens is 214 g/mol. The fraction of sp³-hybridized carbons (Fsp3) is 0.364. The predicted molar refractivity (Wildman–Crippen MR) is 60.2 cm³/mol. The highest BCUT2D eigenvalue weighted by Crippen LogP contribution is 2.29. The molecule has 3 nitrogen and oxygen atoms in total. The summed E-state index contributed by atoms with van der Waals surface area (Å²) < 4.78 is 0. The number of halogens is 1. The van der Waals surface area contributed by atoms with E-state index in [4.69, 9.17) is 5.11 Å². The van der Waals surface area contributed by atoms with Crippen molar-refractivity contribution in [3.63, 3.8) is 0 Å². The number of carboxylic acids is 1. The molecule has 2 atom stereocenters. The number of carbonyl (C=O) groups is 1. The molecule has 1 heterocycles. The highest BCUT2D eigenvalue weighted by Gasteiger charge is 2.33. The number of carboxylic acid groups (broad SMARTS) is 1. The molecular formula is C11H14ClNO2. The minimum absolute atomic E-state index is 0. The summed E-state index contributed by atoms with van der Waals surface area (Å²) in [5, 5.41) is 12.2. The van der Waals surface area contributed by atoms with E-state index in [1.54, 1.807) is 0 Å². The second-order valence-corrected chi connectivity index (χ2v) is 3.58. The monoisotopic (exact) mass is 227 g/mol. The highest BCUT2D eigenvalue weighted by atomic mass is 35.5. The van der Waals surface area contributed by atoms with Crippen LogP contribution in [-0.2, 0) is 4.79 Å². The maximum atomic E-state index is 10.9. The lowest BCUT2D eigenvalue weighted by Crippen LogP contribution is -2.23. The van der Waals surface area contributed by atoms with Crippen molar-refractivity contribution >= 4 is 18.4 Å². The van der Waals surface area contributed by atoms with Gasteiger partial charge in [-0.25, -0.2) is 0 Å². The molecule has 0 amide bonds. The molecule has 1 aromatic carbocycles. The van der Waals surface area contributed by atoms with Crippen molar-refractivity contribution in [3.05, 3.63) is 35.9 Å². The first-order chi connectivity index (χ1) is 6.79. The molecule has 15 heavy (non-hydrogen) atoms. The van der Waals surface area contributed by atoms with Crippen LogP contribution in [0.15, 0.2) is 30.3 Å². The summed E-state index contributed by atoms with van der Waals surface area (Å²) in [7, 11) is 0. The van der Waals surface area contributed by atoms with E-state index in [1.807, 2.05) is 30.3 Å². The lowest BCUT2D eigenvalue weighted by atomic mass is 9.94. The second-order valence-electron chi connectivity index (χ2n) is 3.58. The maximum absolute atomic E-state index is 10.9. The van der Waals surface area contributed by atoms with Crippen molar-refractivity contribution in [2.75, 3.05) is 6.54 Å². The molecule has 0 aromatic heterocycles. The summed E-state index contributed by atoms with van der Waals surface area (Å²) in [4.78, 5) is 10.9. The SMILES string of the molecule is Cl.O=C(O)[C@H]1CCN[C@H]1c1ccccc1. The molecule has 0 bridgehead atoms. The number of rotatable bonds is 2. The van der Waals surface area contributed by atoms with Crippen LogP contribution in [0.5, 0.6) is 0 Å². The molecule has 0 aliphatic carbocycles. The van der Waals surface area contributed by atoms with Gasteiger partial charge in [0.15, 0.2) is 0 Å². The van der Waals surface area contributed by atoms with Crippen LogP contribution in [0.25, 0.3) is 0 Å². The van der Waals surface area contributed by atoms with Crippen LogP contribution in [0.4, 0.5) is 0 Å². The van der Waals surface area contributed by atoms with Gasteiger partial charge in [0, 0.05) is 6.04 Å². The van der Waals surface area contributed by atoms with Crippen molar-refractivity contribution in [1.29, 1.82) is 0 Å². The number of hydrogen-bond acceptors (Lipinski definition) is 2. The Labute approximate surface area is 94.9 Å². The summed E-state index contributed by atoms with van der Waals surface area (Å²) in [6, 6.07) is 9.74. The van der Waals surface area contributed by atoms with Crippen molar-refractivity contribution in [2.45, 2.75) is 12.5 Å². The molecule has 2 N–H and O–H groups in total. The summed E-state index contributed by atoms with van der Waals surface area (Å²) >= 11 is 0. The molecule has 1 fully saturated rings. The molecule has 0 unspecified atom stereocenters. The molecule has 1 aromatic rings. The molecule has 0 saturated carbocycles. The summed E-state index contributed by atoms with van der Waals surface area (Å²) in [5.41, 5.74) is 1.07. The third kappa shape index (κ3) is 2.49. The average Bonchev–Trinajstić information content (AvgIpc) is 2.67. The fourth-order valence-corrected chi connectivity index (χ4v) is 1.98. The number of nitrogens with one attached hydrogen (secondary N) is 1. The second kappa shape index (κ2) is 5.14. The first-order valence-corrected chi connectivity index (χ1v) is 4.80. The Morgan fingerprint density at radius 3 is 2.60 bits per heavy atom. The van der Waals surface area contributed by atoms with Crippen LogP contribution in [0, 0.1) is 5.92 Å². The predicted octanol–water partition coefficient (Wildman–Crippen LogP) is 1.84. The van der Waals surface area contributed by atoms with Gasteiger partial charge in [-0.2, -0.15) is 0 Å². The van der Waals surface area contributed by atoms with Crippen LogP contribution in [0.3, 0.4) is 0 Å².